The van der Waals surface area contributed by atoms with Gasteiger partial charge in [0.05, 0.1) is 6.42 Å². The molecule has 0 radical (unpaired) electrons. The predicted octanol–water partition coefficient (Wildman–Crippen LogP) is 3.29. The van der Waals surface area contributed by atoms with E-state index in [0.29, 0.717) is 0 Å². The molecule has 1 aromatic carbocycles. The Balaban J connectivity index is 2.11. The van der Waals surface area contributed by atoms with Gasteiger partial charge in [-0.05, 0) is 40.3 Å². The average molecular weight is 283 g/mol. The van der Waals surface area contributed by atoms with Crippen LogP contribution in [-0.2, 0) is 6.42 Å². The lowest BCUT2D eigenvalue weighted by atomic mass is 10.1. The molecule has 0 bridgehead atoms. The van der Waals surface area contributed by atoms with Gasteiger partial charge in [0, 0.05) is 16.4 Å². The minimum Gasteiger partial charge on any atom is -0.310 e. The standard InChI is InChI=1S/C11H10IN/c1-13-11(6-7-11)8-9-2-4-10(12)5-3-9/h2-5H,6-8H2. The first-order valence-electron chi connectivity index (χ1n) is 4.37. The molecule has 1 aromatic rings. The molecular formula is C11H10IN. The Bertz CT molecular complexity index is 343. The van der Waals surface area contributed by atoms with E-state index in [1.165, 1.54) is 9.13 Å². The van der Waals surface area contributed by atoms with Gasteiger partial charge < -0.3 is 4.85 Å². The van der Waals surface area contributed by atoms with E-state index in [1.807, 2.05) is 0 Å². The molecular weight excluding hydrogens is 273 g/mol. The first-order valence-corrected chi connectivity index (χ1v) is 5.45. The molecule has 1 fully saturated rings. The number of hydrogen-bond donors (Lipinski definition) is 0. The van der Waals surface area contributed by atoms with Crippen molar-refractivity contribution in [3.05, 3.63) is 44.8 Å². The predicted molar refractivity (Wildman–Crippen MR) is 61.4 cm³/mol. The molecule has 13 heavy (non-hydrogen) atoms. The number of rotatable bonds is 2. The van der Waals surface area contributed by atoms with Gasteiger partial charge in [-0.2, -0.15) is 0 Å². The Morgan fingerprint density at radius 2 is 1.92 bits per heavy atom. The van der Waals surface area contributed by atoms with E-state index >= 15 is 0 Å². The molecule has 0 aromatic heterocycles. The van der Waals surface area contributed by atoms with Crippen molar-refractivity contribution in [2.75, 3.05) is 0 Å². The summed E-state index contributed by atoms with van der Waals surface area (Å²) in [4.78, 5) is 3.70. The van der Waals surface area contributed by atoms with Gasteiger partial charge in [-0.15, -0.1) is 0 Å². The van der Waals surface area contributed by atoms with E-state index in [9.17, 15) is 0 Å². The molecule has 1 aliphatic rings. The summed E-state index contributed by atoms with van der Waals surface area (Å²) in [6, 6.07) is 8.48. The first-order chi connectivity index (χ1) is 6.24. The Hall–Kier alpha value is -0.560. The maximum Gasteiger partial charge on any atom is 0.237 e. The second kappa shape index (κ2) is 3.30. The molecule has 0 aliphatic heterocycles. The van der Waals surface area contributed by atoms with Crippen molar-refractivity contribution in [2.24, 2.45) is 0 Å². The maximum absolute atomic E-state index is 7.08. The van der Waals surface area contributed by atoms with Gasteiger partial charge in [-0.1, -0.05) is 12.1 Å². The zero-order valence-corrected chi connectivity index (χ0v) is 9.41. The zero-order chi connectivity index (χ0) is 9.31. The van der Waals surface area contributed by atoms with Gasteiger partial charge >= 0.3 is 0 Å². The fourth-order valence-corrected chi connectivity index (χ4v) is 1.81. The van der Waals surface area contributed by atoms with Crippen LogP contribution in [0.1, 0.15) is 18.4 Å². The van der Waals surface area contributed by atoms with Gasteiger partial charge in [-0.3, -0.25) is 0 Å². The van der Waals surface area contributed by atoms with Gasteiger partial charge in [0.25, 0.3) is 0 Å². The first kappa shape index (κ1) is 9.01. The molecule has 0 atom stereocenters. The molecule has 1 saturated carbocycles. The van der Waals surface area contributed by atoms with Crippen molar-refractivity contribution in [3.63, 3.8) is 0 Å². The van der Waals surface area contributed by atoms with Crippen molar-refractivity contribution in [3.8, 4) is 0 Å². The highest BCUT2D eigenvalue weighted by atomic mass is 127. The molecule has 2 rings (SSSR count). The van der Waals surface area contributed by atoms with Crippen LogP contribution in [0.25, 0.3) is 4.85 Å². The van der Waals surface area contributed by atoms with E-state index < -0.39 is 0 Å². The summed E-state index contributed by atoms with van der Waals surface area (Å²) in [5.41, 5.74) is 1.28. The van der Waals surface area contributed by atoms with E-state index in [1.54, 1.807) is 0 Å². The smallest absolute Gasteiger partial charge is 0.237 e. The highest BCUT2D eigenvalue weighted by molar-refractivity contribution is 14.1. The van der Waals surface area contributed by atoms with Crippen LogP contribution in [-0.4, -0.2) is 5.54 Å². The fourth-order valence-electron chi connectivity index (χ4n) is 1.45. The lowest BCUT2D eigenvalue weighted by Crippen LogP contribution is -2.05. The topological polar surface area (TPSA) is 4.36 Å². The third kappa shape index (κ3) is 2.02. The Labute approximate surface area is 92.1 Å². The van der Waals surface area contributed by atoms with Gasteiger partial charge in [0.1, 0.15) is 0 Å². The number of benzene rings is 1. The van der Waals surface area contributed by atoms with Crippen molar-refractivity contribution in [2.45, 2.75) is 24.8 Å². The van der Waals surface area contributed by atoms with Crippen LogP contribution in [0.4, 0.5) is 0 Å². The van der Waals surface area contributed by atoms with Crippen LogP contribution < -0.4 is 0 Å². The molecule has 0 unspecified atom stereocenters. The highest BCUT2D eigenvalue weighted by Gasteiger charge is 2.50. The quantitative estimate of drug-likeness (QED) is 0.579. The molecule has 0 amide bonds. The lowest BCUT2D eigenvalue weighted by Gasteiger charge is -2.02. The minimum atomic E-state index is -0.0210. The molecule has 2 heteroatoms. The highest BCUT2D eigenvalue weighted by Crippen LogP contribution is 2.42. The Morgan fingerprint density at radius 3 is 2.38 bits per heavy atom. The van der Waals surface area contributed by atoms with Gasteiger partial charge in [0.15, 0.2) is 0 Å². The molecule has 0 heterocycles. The third-order valence-electron chi connectivity index (χ3n) is 2.51. The van der Waals surface area contributed by atoms with Crippen molar-refractivity contribution < 1.29 is 0 Å². The third-order valence-corrected chi connectivity index (χ3v) is 3.23. The zero-order valence-electron chi connectivity index (χ0n) is 7.26. The summed E-state index contributed by atoms with van der Waals surface area (Å²) in [6.45, 7) is 7.08. The number of halogens is 1. The second-order valence-electron chi connectivity index (χ2n) is 3.64. The van der Waals surface area contributed by atoms with Crippen LogP contribution in [0.15, 0.2) is 24.3 Å². The summed E-state index contributed by atoms with van der Waals surface area (Å²) >= 11 is 2.30. The molecule has 1 nitrogen and oxygen atoms in total. The molecule has 0 saturated heterocycles. The van der Waals surface area contributed by atoms with Crippen LogP contribution in [0.2, 0.25) is 0 Å². The Morgan fingerprint density at radius 1 is 1.31 bits per heavy atom. The van der Waals surface area contributed by atoms with E-state index in [2.05, 4.69) is 51.7 Å². The SMILES string of the molecule is [C-]#[N+]C1(Cc2ccc(I)cc2)CC1. The van der Waals surface area contributed by atoms with E-state index in [-0.39, 0.29) is 5.54 Å². The summed E-state index contributed by atoms with van der Waals surface area (Å²) in [5, 5.41) is 0. The van der Waals surface area contributed by atoms with Crippen LogP contribution in [0.3, 0.4) is 0 Å². The summed E-state index contributed by atoms with van der Waals surface area (Å²) in [7, 11) is 0. The molecule has 0 N–H and O–H groups in total. The van der Waals surface area contributed by atoms with Crippen molar-refractivity contribution in [1.29, 1.82) is 0 Å². The second-order valence-corrected chi connectivity index (χ2v) is 4.89. The van der Waals surface area contributed by atoms with Crippen LogP contribution >= 0.6 is 22.6 Å². The monoisotopic (exact) mass is 283 g/mol. The van der Waals surface area contributed by atoms with E-state index in [0.717, 1.165) is 19.3 Å². The molecule has 66 valence electrons. The summed E-state index contributed by atoms with van der Waals surface area (Å²) in [5.74, 6) is 0. The maximum atomic E-state index is 7.08. The van der Waals surface area contributed by atoms with E-state index in [4.69, 9.17) is 6.57 Å². The number of hydrogen-bond acceptors (Lipinski definition) is 0. The fraction of sp³-hybridized carbons (Fsp3) is 0.364. The summed E-state index contributed by atoms with van der Waals surface area (Å²) in [6.07, 6.45) is 3.11. The lowest BCUT2D eigenvalue weighted by molar-refractivity contribution is 0.781. The van der Waals surface area contributed by atoms with Crippen LogP contribution in [0, 0.1) is 10.1 Å². The number of nitrogens with zero attached hydrogens (tertiary/aromatic N) is 1. The molecule has 0 spiro atoms. The normalized spacial score (nSPS) is 17.8. The average Bonchev–Trinajstić information content (AvgIpc) is 2.90. The Kier molecular flexibility index (Phi) is 2.29. The minimum absolute atomic E-state index is 0.0210. The van der Waals surface area contributed by atoms with Gasteiger partial charge in [-0.25, -0.2) is 6.57 Å². The summed E-state index contributed by atoms with van der Waals surface area (Å²) < 4.78 is 1.26. The van der Waals surface area contributed by atoms with Crippen molar-refractivity contribution in [1.82, 2.24) is 0 Å². The molecule has 1 aliphatic carbocycles. The van der Waals surface area contributed by atoms with Crippen molar-refractivity contribution >= 4 is 22.6 Å². The van der Waals surface area contributed by atoms with Gasteiger partial charge in [0.2, 0.25) is 5.54 Å². The largest absolute Gasteiger partial charge is 0.310 e. The van der Waals surface area contributed by atoms with Crippen LogP contribution in [0.5, 0.6) is 0 Å².